The summed E-state index contributed by atoms with van der Waals surface area (Å²) < 4.78 is 0. The summed E-state index contributed by atoms with van der Waals surface area (Å²) in [6, 6.07) is 7.61. The number of pyridine rings is 1. The summed E-state index contributed by atoms with van der Waals surface area (Å²) in [5, 5.41) is 15.6. The Balaban J connectivity index is 1.24. The Kier molecular flexibility index (Phi) is 3.60. The van der Waals surface area contributed by atoms with Crippen LogP contribution < -0.4 is 5.32 Å². The number of fused-ring (bicyclic) bond motifs is 1. The second kappa shape index (κ2) is 6.08. The van der Waals surface area contributed by atoms with Crippen molar-refractivity contribution in [2.75, 3.05) is 5.32 Å². The highest BCUT2D eigenvalue weighted by molar-refractivity contribution is 7.15. The van der Waals surface area contributed by atoms with E-state index in [1.165, 1.54) is 38.5 Å². The van der Waals surface area contributed by atoms with E-state index in [2.05, 4.69) is 20.5 Å². The van der Waals surface area contributed by atoms with Crippen molar-refractivity contribution < 1.29 is 4.79 Å². The SMILES string of the molecule is O=C(Nc1nnc(C23CC4CC(CC(C4)C2)C3)s1)c1ccc2ccncc2c1. The minimum atomic E-state index is -0.140. The third-order valence-electron chi connectivity index (χ3n) is 7.04. The molecular weight excluding hydrogens is 368 g/mol. The highest BCUT2D eigenvalue weighted by Crippen LogP contribution is 2.61. The van der Waals surface area contributed by atoms with Gasteiger partial charge >= 0.3 is 0 Å². The van der Waals surface area contributed by atoms with E-state index in [0.717, 1.165) is 33.5 Å². The zero-order valence-corrected chi connectivity index (χ0v) is 16.4. The molecule has 5 nitrogen and oxygen atoms in total. The predicted molar refractivity (Wildman–Crippen MR) is 109 cm³/mol. The second-order valence-electron chi connectivity index (χ2n) is 9.00. The van der Waals surface area contributed by atoms with Crippen LogP contribution in [-0.4, -0.2) is 21.1 Å². The van der Waals surface area contributed by atoms with Gasteiger partial charge in [-0.25, -0.2) is 0 Å². The van der Waals surface area contributed by atoms with E-state index in [1.54, 1.807) is 23.7 Å². The van der Waals surface area contributed by atoms with E-state index < -0.39 is 0 Å². The van der Waals surface area contributed by atoms with Gasteiger partial charge in [-0.05, 0) is 79.9 Å². The molecule has 0 atom stereocenters. The lowest BCUT2D eigenvalue weighted by molar-refractivity contribution is -0.00555. The van der Waals surface area contributed by atoms with Crippen LogP contribution in [0.25, 0.3) is 10.8 Å². The van der Waals surface area contributed by atoms with Crippen LogP contribution in [0.15, 0.2) is 36.7 Å². The summed E-state index contributed by atoms with van der Waals surface area (Å²) in [4.78, 5) is 16.9. The summed E-state index contributed by atoms with van der Waals surface area (Å²) in [5.74, 6) is 2.48. The highest BCUT2D eigenvalue weighted by atomic mass is 32.1. The van der Waals surface area contributed by atoms with Crippen molar-refractivity contribution in [3.63, 3.8) is 0 Å². The van der Waals surface area contributed by atoms with Crippen molar-refractivity contribution in [2.45, 2.75) is 43.9 Å². The third kappa shape index (κ3) is 2.65. The van der Waals surface area contributed by atoms with Gasteiger partial charge in [-0.2, -0.15) is 0 Å². The van der Waals surface area contributed by atoms with Crippen LogP contribution in [0.3, 0.4) is 0 Å². The van der Waals surface area contributed by atoms with Crippen LogP contribution in [0.5, 0.6) is 0 Å². The molecule has 4 saturated carbocycles. The Labute approximate surface area is 167 Å². The normalized spacial score (nSPS) is 30.6. The molecule has 1 aromatic carbocycles. The Morgan fingerprint density at radius 1 is 1.00 bits per heavy atom. The minimum absolute atomic E-state index is 0.140. The molecule has 0 unspecified atom stereocenters. The van der Waals surface area contributed by atoms with E-state index in [-0.39, 0.29) is 11.3 Å². The van der Waals surface area contributed by atoms with Crippen molar-refractivity contribution >= 4 is 33.1 Å². The minimum Gasteiger partial charge on any atom is -0.296 e. The number of nitrogens with zero attached hydrogens (tertiary/aromatic N) is 3. The number of rotatable bonds is 3. The maximum atomic E-state index is 12.7. The van der Waals surface area contributed by atoms with Crippen LogP contribution in [0.1, 0.15) is 53.9 Å². The molecule has 4 bridgehead atoms. The van der Waals surface area contributed by atoms with Crippen LogP contribution in [0.2, 0.25) is 0 Å². The van der Waals surface area contributed by atoms with Gasteiger partial charge in [0, 0.05) is 28.8 Å². The van der Waals surface area contributed by atoms with Gasteiger partial charge in [0.25, 0.3) is 5.91 Å². The van der Waals surface area contributed by atoms with Crippen molar-refractivity contribution in [3.8, 4) is 0 Å². The van der Waals surface area contributed by atoms with Gasteiger partial charge in [-0.15, -0.1) is 10.2 Å². The van der Waals surface area contributed by atoms with Crippen LogP contribution >= 0.6 is 11.3 Å². The van der Waals surface area contributed by atoms with Gasteiger partial charge in [-0.1, -0.05) is 17.4 Å². The summed E-state index contributed by atoms with van der Waals surface area (Å²) in [6.07, 6.45) is 11.6. The second-order valence-corrected chi connectivity index (χ2v) is 9.98. The number of aromatic nitrogens is 3. The first-order chi connectivity index (χ1) is 13.7. The Hall–Kier alpha value is -2.34. The lowest BCUT2D eigenvalue weighted by Crippen LogP contribution is -2.48. The molecule has 28 heavy (non-hydrogen) atoms. The number of amides is 1. The van der Waals surface area contributed by atoms with E-state index in [4.69, 9.17) is 0 Å². The quantitative estimate of drug-likeness (QED) is 0.697. The van der Waals surface area contributed by atoms with Crippen LogP contribution in [-0.2, 0) is 5.41 Å². The zero-order chi connectivity index (χ0) is 18.7. The Morgan fingerprint density at radius 2 is 1.75 bits per heavy atom. The first kappa shape index (κ1) is 16.6. The molecule has 0 saturated heterocycles. The first-order valence-electron chi connectivity index (χ1n) is 10.2. The number of hydrogen-bond acceptors (Lipinski definition) is 5. The van der Waals surface area contributed by atoms with Crippen molar-refractivity contribution in [3.05, 3.63) is 47.2 Å². The number of carbonyl (C=O) groups excluding carboxylic acids is 1. The fourth-order valence-corrected chi connectivity index (χ4v) is 7.21. The number of nitrogens with one attached hydrogen (secondary N) is 1. The molecule has 142 valence electrons. The lowest BCUT2D eigenvalue weighted by atomic mass is 9.50. The number of benzene rings is 1. The molecule has 4 aliphatic rings. The van der Waals surface area contributed by atoms with Crippen LogP contribution in [0.4, 0.5) is 5.13 Å². The first-order valence-corrected chi connectivity index (χ1v) is 11.0. The topological polar surface area (TPSA) is 67.8 Å². The summed E-state index contributed by atoms with van der Waals surface area (Å²) in [7, 11) is 0. The van der Waals surface area contributed by atoms with E-state index in [0.29, 0.717) is 10.7 Å². The molecule has 2 aromatic heterocycles. The molecule has 1 amide bonds. The summed E-state index contributed by atoms with van der Waals surface area (Å²) in [5.41, 5.74) is 0.844. The van der Waals surface area contributed by atoms with Crippen molar-refractivity contribution in [1.82, 2.24) is 15.2 Å². The number of carbonyl (C=O) groups is 1. The zero-order valence-electron chi connectivity index (χ0n) is 15.6. The Morgan fingerprint density at radius 3 is 2.50 bits per heavy atom. The molecule has 6 heteroatoms. The molecule has 4 aliphatic carbocycles. The van der Waals surface area contributed by atoms with Crippen LogP contribution in [0, 0.1) is 17.8 Å². The average Bonchev–Trinajstić information content (AvgIpc) is 3.16. The van der Waals surface area contributed by atoms with Crippen molar-refractivity contribution in [1.29, 1.82) is 0 Å². The van der Waals surface area contributed by atoms with Gasteiger partial charge in [0.15, 0.2) is 0 Å². The number of anilines is 1. The van der Waals surface area contributed by atoms with Gasteiger partial charge in [0.1, 0.15) is 5.01 Å². The predicted octanol–water partition coefficient (Wildman–Crippen LogP) is 4.81. The standard InChI is InChI=1S/C22H22N4OS/c27-19(17-2-1-16-3-4-23-12-18(16)8-17)24-21-26-25-20(28-21)22-9-13-5-14(10-22)7-15(6-13)11-22/h1-4,8,12-15H,5-7,9-11H2,(H,24,26,27). The number of hydrogen-bond donors (Lipinski definition) is 1. The van der Waals surface area contributed by atoms with Gasteiger partial charge in [0.05, 0.1) is 0 Å². The molecule has 3 aromatic rings. The highest BCUT2D eigenvalue weighted by Gasteiger charge is 2.53. The summed E-state index contributed by atoms with van der Waals surface area (Å²) >= 11 is 1.58. The third-order valence-corrected chi connectivity index (χ3v) is 8.13. The van der Waals surface area contributed by atoms with Crippen molar-refractivity contribution in [2.24, 2.45) is 17.8 Å². The monoisotopic (exact) mass is 390 g/mol. The van der Waals surface area contributed by atoms with E-state index in [1.807, 2.05) is 24.3 Å². The molecule has 2 heterocycles. The van der Waals surface area contributed by atoms with Gasteiger partial charge < -0.3 is 0 Å². The average molecular weight is 391 g/mol. The fourth-order valence-electron chi connectivity index (χ4n) is 6.26. The maximum absolute atomic E-state index is 12.7. The van der Waals surface area contributed by atoms with E-state index in [9.17, 15) is 4.79 Å². The molecule has 4 fully saturated rings. The largest absolute Gasteiger partial charge is 0.296 e. The molecular formula is C22H22N4OS. The van der Waals surface area contributed by atoms with Gasteiger partial charge in [0.2, 0.25) is 5.13 Å². The molecule has 1 N–H and O–H groups in total. The molecule has 0 radical (unpaired) electrons. The smallest absolute Gasteiger partial charge is 0.257 e. The molecule has 0 spiro atoms. The lowest BCUT2D eigenvalue weighted by Gasteiger charge is -2.55. The van der Waals surface area contributed by atoms with Gasteiger partial charge in [-0.3, -0.25) is 15.1 Å². The van der Waals surface area contributed by atoms with E-state index >= 15 is 0 Å². The molecule has 7 rings (SSSR count). The fraction of sp³-hybridized carbons (Fsp3) is 0.455. The molecule has 0 aliphatic heterocycles. The summed E-state index contributed by atoms with van der Waals surface area (Å²) in [6.45, 7) is 0. The maximum Gasteiger partial charge on any atom is 0.257 e. The Bertz CT molecular complexity index is 1040.